The minimum absolute atomic E-state index is 0.289. The number of halogens is 1. The van der Waals surface area contributed by atoms with E-state index in [9.17, 15) is 4.39 Å². The molecule has 0 aliphatic heterocycles. The van der Waals surface area contributed by atoms with Gasteiger partial charge < -0.3 is 15.0 Å². The monoisotopic (exact) mass is 226 g/mol. The van der Waals surface area contributed by atoms with Crippen LogP contribution in [0.1, 0.15) is 5.56 Å². The number of rotatable bonds is 6. The molecule has 0 aliphatic rings. The Hall–Kier alpha value is -1.13. The first-order valence-corrected chi connectivity index (χ1v) is 5.31. The van der Waals surface area contributed by atoms with Crippen molar-refractivity contribution >= 4 is 0 Å². The van der Waals surface area contributed by atoms with Gasteiger partial charge in [-0.1, -0.05) is 6.07 Å². The minimum Gasteiger partial charge on any atom is -0.494 e. The predicted octanol–water partition coefficient (Wildman–Crippen LogP) is 1.49. The van der Waals surface area contributed by atoms with Crippen molar-refractivity contribution in [2.45, 2.75) is 6.54 Å². The fraction of sp³-hybridized carbons (Fsp3) is 0.500. The predicted molar refractivity (Wildman–Crippen MR) is 63.2 cm³/mol. The summed E-state index contributed by atoms with van der Waals surface area (Å²) in [5.74, 6) is -0.0218. The second-order valence-electron chi connectivity index (χ2n) is 3.95. The van der Waals surface area contributed by atoms with Gasteiger partial charge in [0.15, 0.2) is 11.6 Å². The van der Waals surface area contributed by atoms with E-state index in [2.05, 4.69) is 10.2 Å². The Bertz CT molecular complexity index is 329. The minimum atomic E-state index is -0.311. The van der Waals surface area contributed by atoms with Gasteiger partial charge in [-0.25, -0.2) is 4.39 Å². The summed E-state index contributed by atoms with van der Waals surface area (Å²) >= 11 is 0. The zero-order chi connectivity index (χ0) is 12.0. The average molecular weight is 226 g/mol. The van der Waals surface area contributed by atoms with Crippen LogP contribution in [0.5, 0.6) is 5.75 Å². The van der Waals surface area contributed by atoms with Crippen LogP contribution >= 0.6 is 0 Å². The number of nitrogens with zero attached hydrogens (tertiary/aromatic N) is 1. The lowest BCUT2D eigenvalue weighted by Gasteiger charge is -2.10. The van der Waals surface area contributed by atoms with Crippen LogP contribution in [0, 0.1) is 5.82 Å². The van der Waals surface area contributed by atoms with Gasteiger partial charge in [0.1, 0.15) is 0 Å². The third-order valence-electron chi connectivity index (χ3n) is 2.28. The van der Waals surface area contributed by atoms with Crippen LogP contribution in [-0.2, 0) is 6.54 Å². The topological polar surface area (TPSA) is 24.5 Å². The Labute approximate surface area is 96.2 Å². The highest BCUT2D eigenvalue weighted by molar-refractivity contribution is 5.29. The highest BCUT2D eigenvalue weighted by Gasteiger charge is 2.02. The molecule has 0 fully saturated rings. The van der Waals surface area contributed by atoms with Crippen molar-refractivity contribution in [3.63, 3.8) is 0 Å². The van der Waals surface area contributed by atoms with E-state index in [0.29, 0.717) is 6.54 Å². The molecule has 0 bridgehead atoms. The van der Waals surface area contributed by atoms with Crippen molar-refractivity contribution < 1.29 is 9.13 Å². The highest BCUT2D eigenvalue weighted by Crippen LogP contribution is 2.17. The molecule has 0 saturated heterocycles. The molecule has 0 amide bonds. The maximum Gasteiger partial charge on any atom is 0.165 e. The largest absolute Gasteiger partial charge is 0.494 e. The Morgan fingerprint density at radius 3 is 2.69 bits per heavy atom. The standard InChI is InChI=1S/C12H19FN2O/c1-15(2)7-6-14-9-10-4-5-12(16-3)11(13)8-10/h4-5,8,14H,6-7,9H2,1-3H3. The zero-order valence-corrected chi connectivity index (χ0v) is 10.1. The van der Waals surface area contributed by atoms with Crippen LogP contribution in [0.25, 0.3) is 0 Å². The fourth-order valence-electron chi connectivity index (χ4n) is 1.36. The first kappa shape index (κ1) is 12.9. The molecule has 1 aromatic carbocycles. The maximum atomic E-state index is 13.3. The number of hydrogen-bond donors (Lipinski definition) is 1. The Balaban J connectivity index is 2.40. The van der Waals surface area contributed by atoms with Crippen LogP contribution in [0.4, 0.5) is 4.39 Å². The fourth-order valence-corrected chi connectivity index (χ4v) is 1.36. The summed E-state index contributed by atoms with van der Waals surface area (Å²) in [6.07, 6.45) is 0. The second-order valence-corrected chi connectivity index (χ2v) is 3.95. The number of hydrogen-bond acceptors (Lipinski definition) is 3. The molecular formula is C12H19FN2O. The Morgan fingerprint density at radius 1 is 1.38 bits per heavy atom. The maximum absolute atomic E-state index is 13.3. The van der Waals surface area contributed by atoms with Crippen molar-refractivity contribution in [3.05, 3.63) is 29.6 Å². The average Bonchev–Trinajstić information content (AvgIpc) is 2.24. The molecule has 0 aromatic heterocycles. The van der Waals surface area contributed by atoms with Crippen molar-refractivity contribution in [2.24, 2.45) is 0 Å². The van der Waals surface area contributed by atoms with Gasteiger partial charge in [-0.2, -0.15) is 0 Å². The van der Waals surface area contributed by atoms with E-state index in [1.54, 1.807) is 6.07 Å². The molecule has 0 radical (unpaired) electrons. The van der Waals surface area contributed by atoms with Gasteiger partial charge in [-0.15, -0.1) is 0 Å². The molecule has 90 valence electrons. The normalized spacial score (nSPS) is 10.8. The number of ether oxygens (including phenoxy) is 1. The molecule has 0 atom stereocenters. The first-order chi connectivity index (χ1) is 7.63. The molecule has 0 heterocycles. The molecule has 1 N–H and O–H groups in total. The summed E-state index contributed by atoms with van der Waals surface area (Å²) in [6, 6.07) is 5.02. The summed E-state index contributed by atoms with van der Waals surface area (Å²) in [7, 11) is 5.51. The van der Waals surface area contributed by atoms with E-state index in [4.69, 9.17) is 4.74 Å². The third-order valence-corrected chi connectivity index (χ3v) is 2.28. The van der Waals surface area contributed by atoms with Crippen LogP contribution in [0.2, 0.25) is 0 Å². The molecule has 0 saturated carbocycles. The number of likely N-dealkylation sites (N-methyl/N-ethyl adjacent to an activating group) is 1. The van der Waals surface area contributed by atoms with Gasteiger partial charge in [0.25, 0.3) is 0 Å². The van der Waals surface area contributed by atoms with Crippen LogP contribution in [0.3, 0.4) is 0 Å². The lowest BCUT2D eigenvalue weighted by Crippen LogP contribution is -2.26. The molecule has 16 heavy (non-hydrogen) atoms. The molecule has 0 unspecified atom stereocenters. The van der Waals surface area contributed by atoms with Crippen LogP contribution < -0.4 is 10.1 Å². The van der Waals surface area contributed by atoms with Crippen molar-refractivity contribution in [3.8, 4) is 5.75 Å². The molecule has 0 aliphatic carbocycles. The van der Waals surface area contributed by atoms with Gasteiger partial charge >= 0.3 is 0 Å². The van der Waals surface area contributed by atoms with Gasteiger partial charge in [0.05, 0.1) is 7.11 Å². The lowest BCUT2D eigenvalue weighted by molar-refractivity contribution is 0.385. The molecular weight excluding hydrogens is 207 g/mol. The summed E-state index contributed by atoms with van der Waals surface area (Å²) in [4.78, 5) is 2.10. The molecule has 3 nitrogen and oxygen atoms in total. The van der Waals surface area contributed by atoms with E-state index < -0.39 is 0 Å². The summed E-state index contributed by atoms with van der Waals surface area (Å²) in [6.45, 7) is 2.54. The Morgan fingerprint density at radius 2 is 2.12 bits per heavy atom. The van der Waals surface area contributed by atoms with E-state index in [-0.39, 0.29) is 11.6 Å². The highest BCUT2D eigenvalue weighted by atomic mass is 19.1. The van der Waals surface area contributed by atoms with E-state index in [0.717, 1.165) is 18.7 Å². The summed E-state index contributed by atoms with van der Waals surface area (Å²) < 4.78 is 18.2. The van der Waals surface area contributed by atoms with Gasteiger partial charge in [-0.3, -0.25) is 0 Å². The van der Waals surface area contributed by atoms with E-state index in [1.165, 1.54) is 13.2 Å². The SMILES string of the molecule is COc1ccc(CNCCN(C)C)cc1F. The van der Waals surface area contributed by atoms with Crippen molar-refractivity contribution in [2.75, 3.05) is 34.3 Å². The zero-order valence-electron chi connectivity index (χ0n) is 10.1. The van der Waals surface area contributed by atoms with E-state index in [1.807, 2.05) is 20.2 Å². The second kappa shape index (κ2) is 6.45. The van der Waals surface area contributed by atoms with Crippen molar-refractivity contribution in [1.29, 1.82) is 0 Å². The van der Waals surface area contributed by atoms with Gasteiger partial charge in [-0.05, 0) is 31.8 Å². The molecule has 4 heteroatoms. The van der Waals surface area contributed by atoms with Gasteiger partial charge in [0, 0.05) is 19.6 Å². The Kier molecular flexibility index (Phi) is 5.22. The third kappa shape index (κ3) is 4.16. The van der Waals surface area contributed by atoms with Crippen LogP contribution in [-0.4, -0.2) is 39.2 Å². The van der Waals surface area contributed by atoms with Crippen molar-refractivity contribution in [1.82, 2.24) is 10.2 Å². The molecule has 1 aromatic rings. The number of benzene rings is 1. The van der Waals surface area contributed by atoms with E-state index >= 15 is 0 Å². The number of methoxy groups -OCH3 is 1. The summed E-state index contributed by atoms with van der Waals surface area (Å²) in [5, 5.41) is 3.25. The van der Waals surface area contributed by atoms with Gasteiger partial charge in [0.2, 0.25) is 0 Å². The quantitative estimate of drug-likeness (QED) is 0.744. The molecule has 0 spiro atoms. The smallest absolute Gasteiger partial charge is 0.165 e. The summed E-state index contributed by atoms with van der Waals surface area (Å²) in [5.41, 5.74) is 0.928. The molecule has 1 rings (SSSR count). The number of nitrogens with one attached hydrogen (secondary N) is 1. The van der Waals surface area contributed by atoms with Crippen LogP contribution in [0.15, 0.2) is 18.2 Å². The lowest BCUT2D eigenvalue weighted by atomic mass is 10.2. The first-order valence-electron chi connectivity index (χ1n) is 5.31.